The third-order valence-corrected chi connectivity index (χ3v) is 4.07. The molecule has 3 rings (SSSR count). The van der Waals surface area contributed by atoms with E-state index in [1.165, 1.54) is 0 Å². The normalized spacial score (nSPS) is 12.5. The highest BCUT2D eigenvalue weighted by Gasteiger charge is 2.22. The Kier molecular flexibility index (Phi) is 4.88. The van der Waals surface area contributed by atoms with Crippen molar-refractivity contribution < 1.29 is 19.1 Å². The smallest absolute Gasteiger partial charge is 0.262 e. The maximum Gasteiger partial charge on any atom is 0.262 e. The van der Waals surface area contributed by atoms with Crippen LogP contribution in [0.3, 0.4) is 0 Å². The largest absolute Gasteiger partial charge is 0.493 e. The maximum atomic E-state index is 12.1. The first kappa shape index (κ1) is 16.8. The number of ether oxygens (including phenoxy) is 2. The van der Waals surface area contributed by atoms with Crippen LogP contribution in [-0.4, -0.2) is 32.1 Å². The molecule has 2 aromatic rings. The van der Waals surface area contributed by atoms with Crippen molar-refractivity contribution in [2.24, 2.45) is 0 Å². The summed E-state index contributed by atoms with van der Waals surface area (Å²) in [6, 6.07) is 12.7. The lowest BCUT2D eigenvalue weighted by Crippen LogP contribution is -2.25. The molecule has 130 valence electrons. The van der Waals surface area contributed by atoms with Gasteiger partial charge in [0.1, 0.15) is 0 Å². The fourth-order valence-electron chi connectivity index (χ4n) is 2.89. The van der Waals surface area contributed by atoms with Gasteiger partial charge in [0.15, 0.2) is 18.1 Å². The molecule has 0 aliphatic carbocycles. The molecule has 1 N–H and O–H groups in total. The van der Waals surface area contributed by atoms with Gasteiger partial charge in [0.25, 0.3) is 5.91 Å². The van der Waals surface area contributed by atoms with Crippen molar-refractivity contribution in [3.8, 4) is 11.5 Å². The Morgan fingerprint density at radius 1 is 1.16 bits per heavy atom. The first-order chi connectivity index (χ1) is 12.1. The van der Waals surface area contributed by atoms with Crippen LogP contribution in [0.2, 0.25) is 0 Å². The van der Waals surface area contributed by atoms with Crippen molar-refractivity contribution in [2.75, 3.05) is 30.5 Å². The van der Waals surface area contributed by atoms with Crippen LogP contribution < -0.4 is 19.7 Å². The number of methoxy groups -OCH3 is 1. The molecule has 0 bridgehead atoms. The van der Waals surface area contributed by atoms with Crippen LogP contribution in [0.1, 0.15) is 12.5 Å². The van der Waals surface area contributed by atoms with Gasteiger partial charge in [-0.1, -0.05) is 12.1 Å². The molecule has 25 heavy (non-hydrogen) atoms. The number of anilines is 2. The van der Waals surface area contributed by atoms with Gasteiger partial charge >= 0.3 is 0 Å². The van der Waals surface area contributed by atoms with Gasteiger partial charge in [0, 0.05) is 24.8 Å². The molecule has 0 atom stereocenters. The summed E-state index contributed by atoms with van der Waals surface area (Å²) in [5.74, 6) is 0.872. The second-order valence-electron chi connectivity index (χ2n) is 5.75. The number of fused-ring (bicyclic) bond motifs is 1. The van der Waals surface area contributed by atoms with Crippen LogP contribution in [0.15, 0.2) is 42.5 Å². The lowest BCUT2D eigenvalue weighted by atomic mass is 10.1. The van der Waals surface area contributed by atoms with Gasteiger partial charge in [0.2, 0.25) is 5.91 Å². The van der Waals surface area contributed by atoms with Crippen molar-refractivity contribution in [2.45, 2.75) is 13.3 Å². The first-order valence-corrected chi connectivity index (χ1v) is 8.05. The molecule has 6 heteroatoms. The Bertz CT molecular complexity index is 804. The van der Waals surface area contributed by atoms with E-state index in [0.717, 1.165) is 17.7 Å². The molecule has 1 aliphatic heterocycles. The van der Waals surface area contributed by atoms with Crippen molar-refractivity contribution >= 4 is 23.2 Å². The minimum atomic E-state index is -0.257. The zero-order valence-electron chi connectivity index (χ0n) is 14.2. The summed E-state index contributed by atoms with van der Waals surface area (Å²) in [7, 11) is 1.55. The van der Waals surface area contributed by atoms with E-state index >= 15 is 0 Å². The Hall–Kier alpha value is -3.02. The summed E-state index contributed by atoms with van der Waals surface area (Å²) in [6.45, 7) is 2.12. The fraction of sp³-hybridized carbons (Fsp3) is 0.263. The molecule has 6 nitrogen and oxygen atoms in total. The number of nitrogens with one attached hydrogen (secondary N) is 1. The zero-order chi connectivity index (χ0) is 17.8. The van der Waals surface area contributed by atoms with Crippen LogP contribution in [0.5, 0.6) is 11.5 Å². The summed E-state index contributed by atoms with van der Waals surface area (Å²) in [5, 5.41) is 2.82. The standard InChI is InChI=1S/C19H20N2O4/c1-13(22)21-10-9-14-11-15(7-8-16(14)21)20-19(23)12-25-18-6-4-3-5-17(18)24-2/h3-8,11H,9-10,12H2,1-2H3,(H,20,23). The van der Waals surface area contributed by atoms with E-state index in [9.17, 15) is 9.59 Å². The zero-order valence-corrected chi connectivity index (χ0v) is 14.2. The van der Waals surface area contributed by atoms with Crippen molar-refractivity contribution in [3.63, 3.8) is 0 Å². The first-order valence-electron chi connectivity index (χ1n) is 8.05. The van der Waals surface area contributed by atoms with Gasteiger partial charge in [0.05, 0.1) is 7.11 Å². The molecule has 0 aromatic heterocycles. The lowest BCUT2D eigenvalue weighted by molar-refractivity contribution is -0.118. The molecule has 2 aromatic carbocycles. The Balaban J connectivity index is 1.61. The molecule has 0 fully saturated rings. The Morgan fingerprint density at radius 2 is 1.92 bits per heavy atom. The minimum Gasteiger partial charge on any atom is -0.493 e. The predicted octanol–water partition coefficient (Wildman–Crippen LogP) is 2.62. The molecular formula is C19H20N2O4. The SMILES string of the molecule is COc1ccccc1OCC(=O)Nc1ccc2c(c1)CCN2C(C)=O. The maximum absolute atomic E-state index is 12.1. The second kappa shape index (κ2) is 7.25. The van der Waals surface area contributed by atoms with Crippen molar-refractivity contribution in [1.82, 2.24) is 0 Å². The van der Waals surface area contributed by atoms with E-state index in [0.29, 0.717) is 23.7 Å². The van der Waals surface area contributed by atoms with E-state index < -0.39 is 0 Å². The van der Waals surface area contributed by atoms with Gasteiger partial charge in [-0.15, -0.1) is 0 Å². The number of carbonyl (C=O) groups is 2. The van der Waals surface area contributed by atoms with Gasteiger partial charge in [-0.25, -0.2) is 0 Å². The number of rotatable bonds is 5. The molecule has 0 radical (unpaired) electrons. The van der Waals surface area contributed by atoms with Crippen molar-refractivity contribution in [1.29, 1.82) is 0 Å². The Labute approximate surface area is 146 Å². The molecule has 1 heterocycles. The van der Waals surface area contributed by atoms with Gasteiger partial charge in [-0.2, -0.15) is 0 Å². The van der Waals surface area contributed by atoms with E-state index in [2.05, 4.69) is 5.32 Å². The van der Waals surface area contributed by atoms with Crippen LogP contribution in [0.4, 0.5) is 11.4 Å². The molecule has 1 aliphatic rings. The molecule has 2 amide bonds. The average Bonchev–Trinajstić information content (AvgIpc) is 3.03. The summed E-state index contributed by atoms with van der Waals surface area (Å²) in [4.78, 5) is 25.4. The van der Waals surface area contributed by atoms with E-state index in [1.54, 1.807) is 37.1 Å². The molecule has 0 saturated heterocycles. The van der Waals surface area contributed by atoms with Crippen LogP contribution in [0, 0.1) is 0 Å². The van der Waals surface area contributed by atoms with E-state index in [-0.39, 0.29) is 18.4 Å². The average molecular weight is 340 g/mol. The fourth-order valence-corrected chi connectivity index (χ4v) is 2.89. The molecule has 0 unspecified atom stereocenters. The minimum absolute atomic E-state index is 0.0285. The number of hydrogen-bond donors (Lipinski definition) is 1. The number of para-hydroxylation sites is 2. The Morgan fingerprint density at radius 3 is 2.64 bits per heavy atom. The van der Waals surface area contributed by atoms with Gasteiger partial charge < -0.3 is 19.7 Å². The van der Waals surface area contributed by atoms with Crippen molar-refractivity contribution in [3.05, 3.63) is 48.0 Å². The highest BCUT2D eigenvalue weighted by Crippen LogP contribution is 2.30. The van der Waals surface area contributed by atoms with Crippen LogP contribution in [0.25, 0.3) is 0 Å². The number of amides is 2. The second-order valence-corrected chi connectivity index (χ2v) is 5.75. The summed E-state index contributed by atoms with van der Waals surface area (Å²) in [5.41, 5.74) is 2.66. The molecule has 0 saturated carbocycles. The highest BCUT2D eigenvalue weighted by molar-refractivity contribution is 5.96. The highest BCUT2D eigenvalue weighted by atomic mass is 16.5. The van der Waals surface area contributed by atoms with Crippen LogP contribution >= 0.6 is 0 Å². The number of benzene rings is 2. The van der Waals surface area contributed by atoms with Crippen LogP contribution in [-0.2, 0) is 16.0 Å². The predicted molar refractivity (Wildman–Crippen MR) is 95.3 cm³/mol. The van der Waals surface area contributed by atoms with Gasteiger partial charge in [-0.3, -0.25) is 9.59 Å². The van der Waals surface area contributed by atoms with E-state index in [1.807, 2.05) is 24.3 Å². The number of nitrogens with zero attached hydrogens (tertiary/aromatic N) is 1. The lowest BCUT2D eigenvalue weighted by Gasteiger charge is -2.15. The van der Waals surface area contributed by atoms with E-state index in [4.69, 9.17) is 9.47 Å². The quantitative estimate of drug-likeness (QED) is 0.908. The summed E-state index contributed by atoms with van der Waals surface area (Å²) < 4.78 is 10.7. The van der Waals surface area contributed by atoms with Gasteiger partial charge in [-0.05, 0) is 42.3 Å². The third kappa shape index (κ3) is 3.74. The summed E-state index contributed by atoms with van der Waals surface area (Å²) >= 11 is 0. The number of carbonyl (C=O) groups excluding carboxylic acids is 2. The summed E-state index contributed by atoms with van der Waals surface area (Å²) in [6.07, 6.45) is 0.788. The monoisotopic (exact) mass is 340 g/mol. The topological polar surface area (TPSA) is 67.9 Å². The third-order valence-electron chi connectivity index (χ3n) is 4.07. The molecular weight excluding hydrogens is 320 g/mol. The number of hydrogen-bond acceptors (Lipinski definition) is 4. The molecule has 0 spiro atoms.